The van der Waals surface area contributed by atoms with E-state index in [1.807, 2.05) is 0 Å². The fourth-order valence-corrected chi connectivity index (χ4v) is 0.319. The molecule has 0 saturated heterocycles. The number of carboxylic acid groups (broad SMARTS) is 1. The summed E-state index contributed by atoms with van der Waals surface area (Å²) in [5.41, 5.74) is -0.0852. The Morgan fingerprint density at radius 3 is 2.25 bits per heavy atom. The van der Waals surface area contributed by atoms with Gasteiger partial charge in [0.15, 0.2) is 0 Å². The molecule has 5 heteroatoms. The second-order valence-corrected chi connectivity index (χ2v) is 1.30. The van der Waals surface area contributed by atoms with Crippen molar-refractivity contribution in [3.8, 4) is 0 Å². The first-order valence-electron chi connectivity index (χ1n) is 1.64. The van der Waals surface area contributed by atoms with Crippen LogP contribution in [-0.2, 0) is 14.3 Å². The van der Waals surface area contributed by atoms with Crippen LogP contribution in [0, 0.1) is 0 Å². The van der Waals surface area contributed by atoms with Crippen LogP contribution in [0.2, 0.25) is 0 Å². The number of esters is 1. The van der Waals surface area contributed by atoms with Gasteiger partial charge in [-0.3, -0.25) is 0 Å². The highest BCUT2D eigenvalue weighted by molar-refractivity contribution is 9.09. The highest BCUT2D eigenvalue weighted by atomic mass is 79.9. The highest BCUT2D eigenvalue weighted by Crippen LogP contribution is 1.83. The number of hydrogen-bond donors (Lipinski definition) is 1. The van der Waals surface area contributed by atoms with Crippen LogP contribution in [-0.4, -0.2) is 22.6 Å². The zero-order chi connectivity index (χ0) is 6.57. The Balaban J connectivity index is 3.49. The average Bonchev–Trinajstić information content (AvgIpc) is 1.67. The lowest BCUT2D eigenvalue weighted by Gasteiger charge is -1.90. The standard InChI is InChI=1S/C3H3BrO4/c4-1-8-3(7)2(5)6/h1H2,(H,5,6). The zero-order valence-electron chi connectivity index (χ0n) is 3.76. The normalized spacial score (nSPS) is 8.12. The molecule has 4 nitrogen and oxygen atoms in total. The Bertz CT molecular complexity index is 110. The summed E-state index contributed by atoms with van der Waals surface area (Å²) in [4.78, 5) is 19.5. The molecule has 0 spiro atoms. The molecule has 0 atom stereocenters. The van der Waals surface area contributed by atoms with E-state index in [1.54, 1.807) is 0 Å². The van der Waals surface area contributed by atoms with E-state index in [9.17, 15) is 9.59 Å². The Morgan fingerprint density at radius 2 is 2.12 bits per heavy atom. The van der Waals surface area contributed by atoms with E-state index in [-0.39, 0.29) is 5.52 Å². The fraction of sp³-hybridized carbons (Fsp3) is 0.333. The first kappa shape index (κ1) is 7.42. The number of halogens is 1. The minimum Gasteiger partial charge on any atom is -0.473 e. The summed E-state index contributed by atoms with van der Waals surface area (Å²) in [6, 6.07) is 0. The van der Waals surface area contributed by atoms with Gasteiger partial charge in [0.25, 0.3) is 0 Å². The number of carbonyl (C=O) groups is 2. The molecular weight excluding hydrogens is 180 g/mol. The van der Waals surface area contributed by atoms with Crippen molar-refractivity contribution < 1.29 is 19.4 Å². The molecule has 0 aliphatic carbocycles. The van der Waals surface area contributed by atoms with Gasteiger partial charge in [-0.1, -0.05) is 0 Å². The molecule has 0 radical (unpaired) electrons. The molecule has 46 valence electrons. The minimum atomic E-state index is -1.58. The van der Waals surface area contributed by atoms with Crippen LogP contribution in [0.1, 0.15) is 0 Å². The Kier molecular flexibility index (Phi) is 3.18. The van der Waals surface area contributed by atoms with Gasteiger partial charge in [-0.25, -0.2) is 9.59 Å². The van der Waals surface area contributed by atoms with Crippen molar-refractivity contribution in [1.29, 1.82) is 0 Å². The van der Waals surface area contributed by atoms with Crippen molar-refractivity contribution in [3.05, 3.63) is 0 Å². The van der Waals surface area contributed by atoms with E-state index in [0.717, 1.165) is 0 Å². The minimum absolute atomic E-state index is 0.0852. The Hall–Kier alpha value is -0.580. The van der Waals surface area contributed by atoms with Crippen LogP contribution < -0.4 is 0 Å². The van der Waals surface area contributed by atoms with E-state index in [4.69, 9.17) is 5.11 Å². The summed E-state index contributed by atoms with van der Waals surface area (Å²) < 4.78 is 3.98. The highest BCUT2D eigenvalue weighted by Gasteiger charge is 2.10. The summed E-state index contributed by atoms with van der Waals surface area (Å²) >= 11 is 2.71. The van der Waals surface area contributed by atoms with Crippen LogP contribution >= 0.6 is 15.9 Å². The maximum absolute atomic E-state index is 9.89. The van der Waals surface area contributed by atoms with Gasteiger partial charge < -0.3 is 9.84 Å². The summed E-state index contributed by atoms with van der Waals surface area (Å²) in [7, 11) is 0. The van der Waals surface area contributed by atoms with Crippen molar-refractivity contribution >= 4 is 27.9 Å². The van der Waals surface area contributed by atoms with Crippen LogP contribution in [0.5, 0.6) is 0 Å². The molecule has 0 fully saturated rings. The SMILES string of the molecule is O=C(O)C(=O)OCBr. The molecule has 0 aromatic rings. The fourth-order valence-electron chi connectivity index (χ4n) is 0.111. The van der Waals surface area contributed by atoms with Crippen LogP contribution in [0.4, 0.5) is 0 Å². The Labute approximate surface area is 53.6 Å². The lowest BCUT2D eigenvalue weighted by Crippen LogP contribution is -2.14. The van der Waals surface area contributed by atoms with Crippen molar-refractivity contribution in [2.24, 2.45) is 0 Å². The third-order valence-electron chi connectivity index (χ3n) is 0.360. The van der Waals surface area contributed by atoms with Gasteiger partial charge in [0, 0.05) is 0 Å². The molecule has 0 aromatic carbocycles. The molecule has 0 rings (SSSR count). The van der Waals surface area contributed by atoms with Gasteiger partial charge in [-0.15, -0.1) is 0 Å². The third-order valence-corrected chi connectivity index (χ3v) is 0.589. The smallest absolute Gasteiger partial charge is 0.418 e. The summed E-state index contributed by atoms with van der Waals surface area (Å²) in [5, 5.41) is 7.82. The van der Waals surface area contributed by atoms with Gasteiger partial charge in [-0.05, 0) is 15.9 Å². The van der Waals surface area contributed by atoms with E-state index in [2.05, 4.69) is 20.7 Å². The molecule has 0 saturated carbocycles. The summed E-state index contributed by atoms with van der Waals surface area (Å²) in [6.07, 6.45) is 0. The molecule has 1 N–H and O–H groups in total. The molecule has 0 aliphatic heterocycles. The monoisotopic (exact) mass is 182 g/mol. The molecule has 0 aliphatic rings. The predicted molar refractivity (Wildman–Crippen MR) is 27.5 cm³/mol. The van der Waals surface area contributed by atoms with E-state index in [1.165, 1.54) is 0 Å². The van der Waals surface area contributed by atoms with Crippen LogP contribution in [0.15, 0.2) is 0 Å². The molecule has 0 amide bonds. The van der Waals surface area contributed by atoms with Crippen molar-refractivity contribution in [1.82, 2.24) is 0 Å². The van der Waals surface area contributed by atoms with Gasteiger partial charge >= 0.3 is 11.9 Å². The average molecular weight is 183 g/mol. The first-order valence-corrected chi connectivity index (χ1v) is 2.76. The Morgan fingerprint density at radius 1 is 1.62 bits per heavy atom. The largest absolute Gasteiger partial charge is 0.473 e. The number of ether oxygens (including phenoxy) is 1. The summed E-state index contributed by atoms with van der Waals surface area (Å²) in [5.74, 6) is -2.83. The lowest BCUT2D eigenvalue weighted by atomic mass is 10.7. The second-order valence-electron chi connectivity index (χ2n) is 0.846. The number of rotatable bonds is 1. The number of aliphatic carboxylic acids is 1. The number of alkyl halides is 1. The maximum atomic E-state index is 9.89. The van der Waals surface area contributed by atoms with Gasteiger partial charge in [-0.2, -0.15) is 0 Å². The molecule has 0 unspecified atom stereocenters. The first-order chi connectivity index (χ1) is 3.68. The zero-order valence-corrected chi connectivity index (χ0v) is 5.34. The molecule has 8 heavy (non-hydrogen) atoms. The second kappa shape index (κ2) is 3.43. The molecule has 0 heterocycles. The molecular formula is C3H3BrO4. The van der Waals surface area contributed by atoms with Crippen molar-refractivity contribution in [2.45, 2.75) is 0 Å². The van der Waals surface area contributed by atoms with Crippen LogP contribution in [0.25, 0.3) is 0 Å². The van der Waals surface area contributed by atoms with E-state index in [0.29, 0.717) is 0 Å². The van der Waals surface area contributed by atoms with E-state index >= 15 is 0 Å². The number of carboxylic acids is 1. The van der Waals surface area contributed by atoms with Crippen LogP contribution in [0.3, 0.4) is 0 Å². The quantitative estimate of drug-likeness (QED) is 0.352. The van der Waals surface area contributed by atoms with E-state index < -0.39 is 11.9 Å². The van der Waals surface area contributed by atoms with Crippen molar-refractivity contribution in [2.75, 3.05) is 5.52 Å². The maximum Gasteiger partial charge on any atom is 0.418 e. The number of hydrogen-bond acceptors (Lipinski definition) is 3. The number of carbonyl (C=O) groups excluding carboxylic acids is 1. The molecule has 0 aromatic heterocycles. The summed E-state index contributed by atoms with van der Waals surface area (Å²) in [6.45, 7) is 0. The molecule has 0 bridgehead atoms. The van der Waals surface area contributed by atoms with Gasteiger partial charge in [0.2, 0.25) is 0 Å². The lowest BCUT2D eigenvalue weighted by molar-refractivity contribution is -0.162. The topological polar surface area (TPSA) is 63.6 Å². The van der Waals surface area contributed by atoms with Gasteiger partial charge in [0.05, 0.1) is 0 Å². The predicted octanol–water partition coefficient (Wildman–Crippen LogP) is -0.0334. The third kappa shape index (κ3) is 2.57. The van der Waals surface area contributed by atoms with Gasteiger partial charge in [0.1, 0.15) is 5.52 Å². The van der Waals surface area contributed by atoms with Crippen molar-refractivity contribution in [3.63, 3.8) is 0 Å².